The number of nitrogens with one attached hydrogen (secondary N) is 1. The summed E-state index contributed by atoms with van der Waals surface area (Å²) >= 11 is 0. The number of pyridine rings is 1. The Kier molecular flexibility index (Phi) is 5.46. The van der Waals surface area contributed by atoms with Crippen LogP contribution in [0.2, 0.25) is 0 Å². The van der Waals surface area contributed by atoms with Gasteiger partial charge in [0.05, 0.1) is 20.6 Å². The molecule has 0 spiro atoms. The summed E-state index contributed by atoms with van der Waals surface area (Å²) < 4.78 is 8.98. The molecule has 0 aromatic carbocycles. The van der Waals surface area contributed by atoms with Gasteiger partial charge in [-0.3, -0.25) is 14.6 Å². The van der Waals surface area contributed by atoms with Crippen LogP contribution in [0.1, 0.15) is 16.8 Å². The molecular weight excluding hydrogens is 252 g/mol. The molecule has 1 unspecified atom stereocenters. The van der Waals surface area contributed by atoms with Crippen molar-refractivity contribution in [1.82, 2.24) is 10.3 Å². The highest BCUT2D eigenvalue weighted by Gasteiger charge is 2.25. The monoisotopic (exact) mass is 266 g/mol. The molecule has 1 aromatic rings. The molecule has 0 saturated heterocycles. The predicted molar refractivity (Wildman–Crippen MR) is 64.1 cm³/mol. The van der Waals surface area contributed by atoms with Crippen molar-refractivity contribution in [3.63, 3.8) is 0 Å². The van der Waals surface area contributed by atoms with Crippen LogP contribution < -0.4 is 5.32 Å². The predicted octanol–water partition coefficient (Wildman–Crippen LogP) is -0.0839. The lowest BCUT2D eigenvalue weighted by Gasteiger charge is -2.15. The summed E-state index contributed by atoms with van der Waals surface area (Å²) in [6, 6.07) is 1.89. The van der Waals surface area contributed by atoms with E-state index in [1.165, 1.54) is 38.7 Å². The topological polar surface area (TPSA) is 94.6 Å². The van der Waals surface area contributed by atoms with Gasteiger partial charge in [-0.15, -0.1) is 0 Å². The molecule has 1 atom stereocenters. The molecule has 1 rings (SSSR count). The second-order valence-corrected chi connectivity index (χ2v) is 3.57. The molecule has 102 valence electrons. The summed E-state index contributed by atoms with van der Waals surface area (Å²) in [7, 11) is 2.37. The first-order chi connectivity index (χ1) is 9.08. The number of esters is 2. The van der Waals surface area contributed by atoms with Gasteiger partial charge in [0.15, 0.2) is 0 Å². The minimum absolute atomic E-state index is 0.292. The van der Waals surface area contributed by atoms with E-state index < -0.39 is 23.9 Å². The Bertz CT molecular complexity index is 460. The van der Waals surface area contributed by atoms with Crippen molar-refractivity contribution in [2.45, 2.75) is 12.5 Å². The Hall–Kier alpha value is -2.44. The Morgan fingerprint density at radius 1 is 1.21 bits per heavy atom. The van der Waals surface area contributed by atoms with Gasteiger partial charge < -0.3 is 14.8 Å². The number of carbonyl (C=O) groups excluding carboxylic acids is 3. The number of hydrogen-bond donors (Lipinski definition) is 1. The summed E-state index contributed by atoms with van der Waals surface area (Å²) in [6.07, 6.45) is 2.60. The molecule has 7 heteroatoms. The van der Waals surface area contributed by atoms with Crippen LogP contribution in [0, 0.1) is 0 Å². The molecule has 0 aliphatic heterocycles. The molecule has 0 saturated carbocycles. The molecule has 0 radical (unpaired) electrons. The Morgan fingerprint density at radius 3 is 2.37 bits per heavy atom. The fourth-order valence-electron chi connectivity index (χ4n) is 1.33. The fraction of sp³-hybridized carbons (Fsp3) is 0.333. The first-order valence-corrected chi connectivity index (χ1v) is 5.44. The molecule has 1 N–H and O–H groups in total. The second-order valence-electron chi connectivity index (χ2n) is 3.57. The molecule has 7 nitrogen and oxygen atoms in total. The van der Waals surface area contributed by atoms with Crippen LogP contribution >= 0.6 is 0 Å². The molecule has 0 aliphatic rings. The SMILES string of the molecule is COC(=O)CC(NC(=O)c1ccncc1)C(=O)OC. The fourth-order valence-corrected chi connectivity index (χ4v) is 1.33. The maximum Gasteiger partial charge on any atom is 0.328 e. The summed E-state index contributed by atoms with van der Waals surface area (Å²) in [5.74, 6) is -1.83. The van der Waals surface area contributed by atoms with Crippen LogP contribution in [0.5, 0.6) is 0 Å². The van der Waals surface area contributed by atoms with Crippen molar-refractivity contribution < 1.29 is 23.9 Å². The lowest BCUT2D eigenvalue weighted by atomic mass is 10.2. The zero-order valence-corrected chi connectivity index (χ0v) is 10.6. The first kappa shape index (κ1) is 14.6. The van der Waals surface area contributed by atoms with Crippen molar-refractivity contribution >= 4 is 17.8 Å². The average molecular weight is 266 g/mol. The highest BCUT2D eigenvalue weighted by Crippen LogP contribution is 2.02. The smallest absolute Gasteiger partial charge is 0.328 e. The Labute approximate surface area is 109 Å². The molecule has 1 aromatic heterocycles. The number of hydrogen-bond acceptors (Lipinski definition) is 6. The summed E-state index contributed by atoms with van der Waals surface area (Å²) in [5.41, 5.74) is 0.328. The second kappa shape index (κ2) is 7.10. The summed E-state index contributed by atoms with van der Waals surface area (Å²) in [5, 5.41) is 2.41. The number of carbonyl (C=O) groups is 3. The molecule has 19 heavy (non-hydrogen) atoms. The van der Waals surface area contributed by atoms with E-state index in [-0.39, 0.29) is 6.42 Å². The minimum Gasteiger partial charge on any atom is -0.469 e. The number of aromatic nitrogens is 1. The number of methoxy groups -OCH3 is 2. The van der Waals surface area contributed by atoms with Crippen LogP contribution in [0.25, 0.3) is 0 Å². The molecule has 0 bridgehead atoms. The third-order valence-electron chi connectivity index (χ3n) is 2.33. The first-order valence-electron chi connectivity index (χ1n) is 5.44. The highest BCUT2D eigenvalue weighted by atomic mass is 16.5. The van der Waals surface area contributed by atoms with E-state index in [9.17, 15) is 14.4 Å². The molecule has 0 fully saturated rings. The van der Waals surface area contributed by atoms with Crippen LogP contribution in [0.3, 0.4) is 0 Å². The van der Waals surface area contributed by atoms with Gasteiger partial charge in [-0.25, -0.2) is 4.79 Å². The largest absolute Gasteiger partial charge is 0.469 e. The number of nitrogens with zero attached hydrogens (tertiary/aromatic N) is 1. The van der Waals surface area contributed by atoms with Gasteiger partial charge in [-0.05, 0) is 12.1 Å². The van der Waals surface area contributed by atoms with Crippen LogP contribution in [-0.2, 0) is 19.1 Å². The molecular formula is C12H14N2O5. The molecule has 1 heterocycles. The third-order valence-corrected chi connectivity index (χ3v) is 2.33. The van der Waals surface area contributed by atoms with Crippen LogP contribution in [0.15, 0.2) is 24.5 Å². The minimum atomic E-state index is -1.09. The van der Waals surface area contributed by atoms with Crippen molar-refractivity contribution in [2.24, 2.45) is 0 Å². The van der Waals surface area contributed by atoms with Crippen molar-refractivity contribution in [2.75, 3.05) is 14.2 Å². The quantitative estimate of drug-likeness (QED) is 0.749. The Morgan fingerprint density at radius 2 is 1.84 bits per heavy atom. The molecule has 1 amide bonds. The normalized spacial score (nSPS) is 11.3. The van der Waals surface area contributed by atoms with E-state index in [1.807, 2.05) is 0 Å². The van der Waals surface area contributed by atoms with Gasteiger partial charge in [-0.2, -0.15) is 0 Å². The van der Waals surface area contributed by atoms with Gasteiger partial charge in [0.2, 0.25) is 0 Å². The van der Waals surface area contributed by atoms with E-state index in [0.29, 0.717) is 5.56 Å². The van der Waals surface area contributed by atoms with Crippen LogP contribution in [-0.4, -0.2) is 43.1 Å². The maximum absolute atomic E-state index is 11.8. The van der Waals surface area contributed by atoms with Gasteiger partial charge >= 0.3 is 11.9 Å². The van der Waals surface area contributed by atoms with E-state index in [1.54, 1.807) is 0 Å². The number of amides is 1. The van der Waals surface area contributed by atoms with Gasteiger partial charge in [0, 0.05) is 18.0 Å². The average Bonchev–Trinajstić information content (AvgIpc) is 2.46. The van der Waals surface area contributed by atoms with E-state index in [0.717, 1.165) is 0 Å². The van der Waals surface area contributed by atoms with Crippen molar-refractivity contribution in [3.8, 4) is 0 Å². The highest BCUT2D eigenvalue weighted by molar-refractivity contribution is 5.97. The molecule has 0 aliphatic carbocycles. The standard InChI is InChI=1S/C12H14N2O5/c1-18-10(15)7-9(12(17)19-2)14-11(16)8-3-5-13-6-4-8/h3-6,9H,7H2,1-2H3,(H,14,16). The van der Waals surface area contributed by atoms with Gasteiger partial charge in [-0.1, -0.05) is 0 Å². The summed E-state index contributed by atoms with van der Waals surface area (Å²) in [4.78, 5) is 38.3. The lowest BCUT2D eigenvalue weighted by Crippen LogP contribution is -2.43. The van der Waals surface area contributed by atoms with E-state index in [4.69, 9.17) is 0 Å². The van der Waals surface area contributed by atoms with Gasteiger partial charge in [0.25, 0.3) is 5.91 Å². The third kappa shape index (κ3) is 4.38. The number of ether oxygens (including phenoxy) is 2. The van der Waals surface area contributed by atoms with Gasteiger partial charge in [0.1, 0.15) is 6.04 Å². The Balaban J connectivity index is 2.74. The maximum atomic E-state index is 11.8. The van der Waals surface area contributed by atoms with E-state index in [2.05, 4.69) is 19.8 Å². The number of rotatable bonds is 5. The van der Waals surface area contributed by atoms with Crippen molar-refractivity contribution in [3.05, 3.63) is 30.1 Å². The van der Waals surface area contributed by atoms with Crippen molar-refractivity contribution in [1.29, 1.82) is 0 Å². The van der Waals surface area contributed by atoms with E-state index >= 15 is 0 Å². The zero-order valence-electron chi connectivity index (χ0n) is 10.6. The zero-order chi connectivity index (χ0) is 14.3. The summed E-state index contributed by atoms with van der Waals surface area (Å²) in [6.45, 7) is 0. The van der Waals surface area contributed by atoms with Crippen LogP contribution in [0.4, 0.5) is 0 Å². The lowest BCUT2D eigenvalue weighted by molar-refractivity contribution is -0.149.